The fourth-order valence-corrected chi connectivity index (χ4v) is 1.59. The molecule has 84 valence electrons. The van der Waals surface area contributed by atoms with E-state index in [2.05, 4.69) is 4.98 Å². The van der Waals surface area contributed by atoms with Crippen LogP contribution in [0.4, 0.5) is 5.69 Å². The molecule has 2 aromatic rings. The number of hydrogen-bond acceptors (Lipinski definition) is 5. The molecule has 0 saturated heterocycles. The number of nitrogens with zero attached hydrogens (tertiary/aromatic N) is 1. The van der Waals surface area contributed by atoms with Gasteiger partial charge in [0.15, 0.2) is 0 Å². The van der Waals surface area contributed by atoms with Crippen molar-refractivity contribution in [1.29, 1.82) is 0 Å². The molecule has 1 aromatic carbocycles. The number of anilines is 1. The molecule has 5 nitrogen and oxygen atoms in total. The first-order valence-electron chi connectivity index (χ1n) is 4.95. The lowest BCUT2D eigenvalue weighted by molar-refractivity contribution is 0.229. The summed E-state index contributed by atoms with van der Waals surface area (Å²) >= 11 is 0. The standard InChI is InChI=1S/C11H12N2O3/c1-3-15-11-13-8-5-7(12)4-6(2)9(8)10(14)16-11/h4-5H,3,12H2,1-2H3. The number of fused-ring (bicyclic) bond motifs is 1. The monoisotopic (exact) mass is 220 g/mol. The van der Waals surface area contributed by atoms with Crippen LogP contribution in [0.3, 0.4) is 0 Å². The summed E-state index contributed by atoms with van der Waals surface area (Å²) in [6.45, 7) is 3.97. The van der Waals surface area contributed by atoms with Gasteiger partial charge in [0.05, 0.1) is 17.5 Å². The van der Waals surface area contributed by atoms with Crippen LogP contribution >= 0.6 is 0 Å². The molecule has 0 aliphatic rings. The molecule has 0 atom stereocenters. The fraction of sp³-hybridized carbons (Fsp3) is 0.273. The summed E-state index contributed by atoms with van der Waals surface area (Å²) in [4.78, 5) is 15.8. The Kier molecular flexibility index (Phi) is 2.52. The van der Waals surface area contributed by atoms with E-state index < -0.39 is 5.63 Å². The number of ether oxygens (including phenoxy) is 1. The van der Waals surface area contributed by atoms with E-state index in [0.717, 1.165) is 5.56 Å². The average Bonchev–Trinajstić information content (AvgIpc) is 2.15. The highest BCUT2D eigenvalue weighted by Gasteiger charge is 2.09. The third kappa shape index (κ3) is 1.71. The first-order valence-corrected chi connectivity index (χ1v) is 4.95. The van der Waals surface area contributed by atoms with Gasteiger partial charge in [0.1, 0.15) is 0 Å². The number of aromatic nitrogens is 1. The van der Waals surface area contributed by atoms with Crippen molar-refractivity contribution in [2.75, 3.05) is 12.3 Å². The third-order valence-electron chi connectivity index (χ3n) is 2.20. The molecule has 0 saturated carbocycles. The Morgan fingerprint density at radius 3 is 2.94 bits per heavy atom. The lowest BCUT2D eigenvalue weighted by Gasteiger charge is -2.04. The minimum absolute atomic E-state index is 0.0231. The first-order chi connectivity index (χ1) is 7.61. The molecular formula is C11H12N2O3. The number of nitrogens with two attached hydrogens (primary N) is 1. The summed E-state index contributed by atoms with van der Waals surface area (Å²) < 4.78 is 9.98. The van der Waals surface area contributed by atoms with E-state index in [-0.39, 0.29) is 6.08 Å². The van der Waals surface area contributed by atoms with Gasteiger partial charge in [-0.05, 0) is 31.5 Å². The number of rotatable bonds is 2. The smallest absolute Gasteiger partial charge is 0.397 e. The zero-order valence-electron chi connectivity index (χ0n) is 9.11. The van der Waals surface area contributed by atoms with E-state index in [4.69, 9.17) is 14.9 Å². The second kappa shape index (κ2) is 3.84. The van der Waals surface area contributed by atoms with Crippen LogP contribution in [-0.2, 0) is 0 Å². The normalized spacial score (nSPS) is 10.6. The molecular weight excluding hydrogens is 208 g/mol. The van der Waals surface area contributed by atoms with E-state index in [0.29, 0.717) is 23.2 Å². The van der Waals surface area contributed by atoms with E-state index in [1.807, 2.05) is 0 Å². The van der Waals surface area contributed by atoms with Crippen molar-refractivity contribution in [2.45, 2.75) is 13.8 Å². The summed E-state index contributed by atoms with van der Waals surface area (Å²) in [5.41, 5.74) is 7.04. The summed E-state index contributed by atoms with van der Waals surface area (Å²) in [7, 11) is 0. The number of benzene rings is 1. The summed E-state index contributed by atoms with van der Waals surface area (Å²) in [5.74, 6) is 0. The predicted molar refractivity (Wildman–Crippen MR) is 60.6 cm³/mol. The van der Waals surface area contributed by atoms with Crippen LogP contribution in [0.5, 0.6) is 6.08 Å². The fourth-order valence-electron chi connectivity index (χ4n) is 1.59. The van der Waals surface area contributed by atoms with Crippen molar-refractivity contribution < 1.29 is 9.15 Å². The second-order valence-electron chi connectivity index (χ2n) is 3.43. The first kappa shape index (κ1) is 10.5. The van der Waals surface area contributed by atoms with Crippen LogP contribution < -0.4 is 16.1 Å². The zero-order valence-corrected chi connectivity index (χ0v) is 9.11. The Hall–Kier alpha value is -2.04. The molecule has 1 aromatic heterocycles. The molecule has 0 fully saturated rings. The minimum Gasteiger partial charge on any atom is -0.450 e. The summed E-state index contributed by atoms with van der Waals surface area (Å²) in [6.07, 6.45) is -0.0231. The minimum atomic E-state index is -0.453. The van der Waals surface area contributed by atoms with E-state index in [1.54, 1.807) is 26.0 Å². The summed E-state index contributed by atoms with van der Waals surface area (Å²) in [5, 5.41) is 0.442. The van der Waals surface area contributed by atoms with Gasteiger partial charge in [-0.25, -0.2) is 4.79 Å². The van der Waals surface area contributed by atoms with Crippen molar-refractivity contribution in [2.24, 2.45) is 0 Å². The maximum Gasteiger partial charge on any atom is 0.397 e. The molecule has 0 spiro atoms. The highest BCUT2D eigenvalue weighted by Crippen LogP contribution is 2.19. The van der Waals surface area contributed by atoms with Crippen LogP contribution in [-0.4, -0.2) is 11.6 Å². The van der Waals surface area contributed by atoms with Crippen LogP contribution in [0.1, 0.15) is 12.5 Å². The largest absolute Gasteiger partial charge is 0.450 e. The maximum atomic E-state index is 11.7. The van der Waals surface area contributed by atoms with Crippen molar-refractivity contribution in [3.63, 3.8) is 0 Å². The molecule has 2 rings (SSSR count). The van der Waals surface area contributed by atoms with Gasteiger partial charge in [0.25, 0.3) is 0 Å². The third-order valence-corrected chi connectivity index (χ3v) is 2.20. The van der Waals surface area contributed by atoms with Gasteiger partial charge >= 0.3 is 11.7 Å². The average molecular weight is 220 g/mol. The van der Waals surface area contributed by atoms with Crippen molar-refractivity contribution in [3.05, 3.63) is 28.1 Å². The molecule has 0 radical (unpaired) electrons. The number of hydrogen-bond donors (Lipinski definition) is 1. The molecule has 0 unspecified atom stereocenters. The van der Waals surface area contributed by atoms with Gasteiger partial charge < -0.3 is 14.9 Å². The Bertz CT molecular complexity index is 590. The SMILES string of the molecule is CCOc1nc2cc(N)cc(C)c2c(=O)o1. The van der Waals surface area contributed by atoms with Gasteiger partial charge in [-0.15, -0.1) is 0 Å². The quantitative estimate of drug-likeness (QED) is 0.775. The van der Waals surface area contributed by atoms with Gasteiger partial charge in [-0.3, -0.25) is 0 Å². The Morgan fingerprint density at radius 1 is 1.50 bits per heavy atom. The van der Waals surface area contributed by atoms with Gasteiger partial charge in [0.2, 0.25) is 0 Å². The summed E-state index contributed by atoms with van der Waals surface area (Å²) in [6, 6.07) is 3.34. The lowest BCUT2D eigenvalue weighted by Crippen LogP contribution is -2.07. The topological polar surface area (TPSA) is 78.4 Å². The predicted octanol–water partition coefficient (Wildman–Crippen LogP) is 1.48. The van der Waals surface area contributed by atoms with Crippen molar-refractivity contribution in [1.82, 2.24) is 4.98 Å². The molecule has 0 aliphatic carbocycles. The van der Waals surface area contributed by atoms with E-state index in [1.165, 1.54) is 0 Å². The van der Waals surface area contributed by atoms with Crippen LogP contribution in [0.25, 0.3) is 10.9 Å². The van der Waals surface area contributed by atoms with Crippen molar-refractivity contribution in [3.8, 4) is 6.08 Å². The van der Waals surface area contributed by atoms with Crippen LogP contribution in [0, 0.1) is 6.92 Å². The molecule has 16 heavy (non-hydrogen) atoms. The molecule has 5 heteroatoms. The Morgan fingerprint density at radius 2 is 2.25 bits per heavy atom. The van der Waals surface area contributed by atoms with Crippen molar-refractivity contribution >= 4 is 16.6 Å². The molecule has 0 bridgehead atoms. The lowest BCUT2D eigenvalue weighted by atomic mass is 10.1. The highest BCUT2D eigenvalue weighted by molar-refractivity contribution is 5.84. The molecule has 1 heterocycles. The maximum absolute atomic E-state index is 11.7. The van der Waals surface area contributed by atoms with E-state index in [9.17, 15) is 4.79 Å². The Balaban J connectivity index is 2.77. The molecule has 2 N–H and O–H groups in total. The molecule has 0 aliphatic heterocycles. The van der Waals surface area contributed by atoms with Gasteiger partial charge in [-0.1, -0.05) is 0 Å². The number of aryl methyl sites for hydroxylation is 1. The van der Waals surface area contributed by atoms with Crippen LogP contribution in [0.15, 0.2) is 21.3 Å². The number of nitrogen functional groups attached to an aromatic ring is 1. The van der Waals surface area contributed by atoms with Crippen LogP contribution in [0.2, 0.25) is 0 Å². The van der Waals surface area contributed by atoms with Gasteiger partial charge in [0, 0.05) is 5.69 Å². The Labute approximate surface area is 91.8 Å². The van der Waals surface area contributed by atoms with E-state index >= 15 is 0 Å². The molecule has 0 amide bonds. The highest BCUT2D eigenvalue weighted by atomic mass is 16.6. The van der Waals surface area contributed by atoms with Gasteiger partial charge in [-0.2, -0.15) is 4.98 Å². The zero-order chi connectivity index (χ0) is 11.7. The second-order valence-corrected chi connectivity index (χ2v) is 3.43.